The number of aryl methyl sites for hydroxylation is 1. The Morgan fingerprint density at radius 1 is 1.63 bits per heavy atom. The van der Waals surface area contributed by atoms with Gasteiger partial charge in [-0.15, -0.1) is 0 Å². The van der Waals surface area contributed by atoms with Gasteiger partial charge in [0.2, 0.25) is 0 Å². The van der Waals surface area contributed by atoms with Crippen molar-refractivity contribution in [3.63, 3.8) is 0 Å². The maximum atomic E-state index is 13.9. The van der Waals surface area contributed by atoms with E-state index in [9.17, 15) is 14.3 Å². The zero-order chi connectivity index (χ0) is 14.2. The zero-order valence-corrected chi connectivity index (χ0v) is 11.1. The highest BCUT2D eigenvalue weighted by atomic mass is 32.1. The van der Waals surface area contributed by atoms with E-state index < -0.39 is 36.9 Å². The maximum Gasteiger partial charge on any atom is 0.328 e. The van der Waals surface area contributed by atoms with E-state index in [0.717, 1.165) is 4.57 Å². The molecule has 2 heterocycles. The molecule has 0 saturated carbocycles. The number of aromatic amines is 1. The second-order valence-corrected chi connectivity index (χ2v) is 4.77. The Labute approximate surface area is 113 Å². The fourth-order valence-corrected chi connectivity index (χ4v) is 2.33. The first-order chi connectivity index (χ1) is 8.99. The van der Waals surface area contributed by atoms with Crippen molar-refractivity contribution in [3.05, 3.63) is 26.9 Å². The van der Waals surface area contributed by atoms with Gasteiger partial charge in [-0.1, -0.05) is 19.1 Å². The predicted molar refractivity (Wildman–Crippen MR) is 67.2 cm³/mol. The number of hydrogen-bond donors (Lipinski definition) is 3. The van der Waals surface area contributed by atoms with E-state index in [1.54, 1.807) is 0 Å². The van der Waals surface area contributed by atoms with Crippen LogP contribution in [-0.2, 0) is 11.2 Å². The van der Waals surface area contributed by atoms with Crippen LogP contribution in [0.5, 0.6) is 0 Å². The minimum absolute atomic E-state index is 0.302. The third-order valence-electron chi connectivity index (χ3n) is 3.17. The Hall–Kier alpha value is -1.09. The van der Waals surface area contributed by atoms with Gasteiger partial charge in [-0.25, -0.2) is 9.18 Å². The summed E-state index contributed by atoms with van der Waals surface area (Å²) in [5.41, 5.74) is 0.0629. The molecule has 1 aliphatic heterocycles. The predicted octanol–water partition coefficient (Wildman–Crippen LogP) is 0.0570. The molecule has 1 aromatic heterocycles. The zero-order valence-electron chi connectivity index (χ0n) is 10.2. The van der Waals surface area contributed by atoms with Crippen LogP contribution in [0.1, 0.15) is 18.7 Å². The largest absolute Gasteiger partial charge is 0.394 e. The van der Waals surface area contributed by atoms with Gasteiger partial charge in [-0.05, 0) is 6.42 Å². The van der Waals surface area contributed by atoms with Crippen LogP contribution < -0.4 is 5.69 Å². The highest BCUT2D eigenvalue weighted by Gasteiger charge is 2.45. The smallest absolute Gasteiger partial charge is 0.328 e. The molecule has 19 heavy (non-hydrogen) atoms. The second-order valence-electron chi connectivity index (χ2n) is 4.36. The minimum Gasteiger partial charge on any atom is -0.394 e. The molecule has 1 fully saturated rings. The van der Waals surface area contributed by atoms with Crippen LogP contribution in [0.4, 0.5) is 4.39 Å². The van der Waals surface area contributed by atoms with Gasteiger partial charge < -0.3 is 14.9 Å². The second kappa shape index (κ2) is 5.49. The summed E-state index contributed by atoms with van der Waals surface area (Å²) in [5, 5.41) is 18.5. The van der Waals surface area contributed by atoms with Crippen LogP contribution in [-0.4, -0.2) is 44.8 Å². The Kier molecular flexibility index (Phi) is 4.14. The third-order valence-corrected chi connectivity index (χ3v) is 3.53. The van der Waals surface area contributed by atoms with Gasteiger partial charge in [0.1, 0.15) is 16.8 Å². The van der Waals surface area contributed by atoms with Crippen molar-refractivity contribution in [1.29, 1.82) is 0 Å². The van der Waals surface area contributed by atoms with Crippen molar-refractivity contribution in [2.24, 2.45) is 0 Å². The number of nitrogens with one attached hydrogen (secondary N) is 1. The number of aliphatic hydroxyl groups excluding tert-OH is 2. The average Bonchev–Trinajstić information content (AvgIpc) is 2.67. The number of rotatable bonds is 3. The van der Waals surface area contributed by atoms with Gasteiger partial charge in [-0.2, -0.15) is 0 Å². The van der Waals surface area contributed by atoms with Crippen molar-refractivity contribution >= 4 is 12.2 Å². The maximum absolute atomic E-state index is 13.9. The summed E-state index contributed by atoms with van der Waals surface area (Å²) in [4.78, 5) is 14.2. The Balaban J connectivity index is 2.43. The first kappa shape index (κ1) is 14.3. The van der Waals surface area contributed by atoms with Crippen molar-refractivity contribution in [2.75, 3.05) is 6.61 Å². The van der Waals surface area contributed by atoms with E-state index in [1.807, 2.05) is 6.92 Å². The number of aliphatic hydroxyl groups is 2. The van der Waals surface area contributed by atoms with Crippen LogP contribution in [0.25, 0.3) is 0 Å². The summed E-state index contributed by atoms with van der Waals surface area (Å²) in [5.74, 6) is 0. The highest BCUT2D eigenvalue weighted by Crippen LogP contribution is 2.30. The third kappa shape index (κ3) is 2.48. The minimum atomic E-state index is -1.79. The quantitative estimate of drug-likeness (QED) is 0.685. The number of aromatic nitrogens is 2. The fraction of sp³-hybridized carbons (Fsp3) is 0.636. The lowest BCUT2D eigenvalue weighted by Crippen LogP contribution is -2.33. The normalized spacial score (nSPS) is 30.7. The molecule has 0 unspecified atom stereocenters. The summed E-state index contributed by atoms with van der Waals surface area (Å²) in [6, 6.07) is 0. The number of halogens is 1. The monoisotopic (exact) mass is 290 g/mol. The van der Waals surface area contributed by atoms with Gasteiger partial charge in [0, 0.05) is 11.8 Å². The Bertz CT molecular complexity index is 573. The molecule has 106 valence electrons. The average molecular weight is 290 g/mol. The number of H-pyrrole nitrogens is 1. The van der Waals surface area contributed by atoms with Gasteiger partial charge in [0.05, 0.1) is 6.61 Å². The molecule has 1 saturated heterocycles. The topological polar surface area (TPSA) is 87.5 Å². The molecule has 0 aromatic carbocycles. The summed E-state index contributed by atoms with van der Waals surface area (Å²) in [6.07, 6.45) is -3.56. The van der Waals surface area contributed by atoms with Crippen molar-refractivity contribution in [2.45, 2.75) is 38.0 Å². The molecule has 3 N–H and O–H groups in total. The van der Waals surface area contributed by atoms with Gasteiger partial charge in [-0.3, -0.25) is 9.55 Å². The fourth-order valence-electron chi connectivity index (χ4n) is 2.05. The van der Waals surface area contributed by atoms with E-state index in [0.29, 0.717) is 16.6 Å². The lowest BCUT2D eigenvalue weighted by atomic mass is 10.1. The molecule has 1 aliphatic rings. The lowest BCUT2D eigenvalue weighted by Gasteiger charge is -2.16. The van der Waals surface area contributed by atoms with Crippen LogP contribution in [0.3, 0.4) is 0 Å². The van der Waals surface area contributed by atoms with Crippen LogP contribution in [0.2, 0.25) is 0 Å². The molecule has 6 nitrogen and oxygen atoms in total. The summed E-state index contributed by atoms with van der Waals surface area (Å²) >= 11 is 4.98. The SMILES string of the molecule is CCc1cn([C@@H]2O[C@H](CO)[C@@H](O)[C@@H]2F)c(=O)[nH]c1=S. The number of ether oxygens (including phenoxy) is 1. The first-order valence-corrected chi connectivity index (χ1v) is 6.33. The van der Waals surface area contributed by atoms with Gasteiger partial charge in [0.15, 0.2) is 12.4 Å². The molecule has 0 amide bonds. The molecule has 2 rings (SSSR count). The summed E-state index contributed by atoms with van der Waals surface area (Å²) in [6.45, 7) is 1.33. The van der Waals surface area contributed by atoms with Gasteiger partial charge >= 0.3 is 5.69 Å². The number of alkyl halides is 1. The van der Waals surface area contributed by atoms with Gasteiger partial charge in [0.25, 0.3) is 0 Å². The number of nitrogens with zero attached hydrogens (tertiary/aromatic N) is 1. The molecule has 8 heteroatoms. The first-order valence-electron chi connectivity index (χ1n) is 5.92. The Morgan fingerprint density at radius 2 is 2.32 bits per heavy atom. The molecular formula is C11H15FN2O4S. The summed E-state index contributed by atoms with van der Waals surface area (Å²) < 4.78 is 20.4. The van der Waals surface area contributed by atoms with E-state index in [2.05, 4.69) is 4.98 Å². The van der Waals surface area contributed by atoms with Crippen LogP contribution >= 0.6 is 12.2 Å². The molecule has 0 aliphatic carbocycles. The molecule has 4 atom stereocenters. The Morgan fingerprint density at radius 3 is 2.84 bits per heavy atom. The lowest BCUT2D eigenvalue weighted by molar-refractivity contribution is -0.0492. The molecule has 0 radical (unpaired) electrons. The van der Waals surface area contributed by atoms with E-state index in [-0.39, 0.29) is 0 Å². The van der Waals surface area contributed by atoms with Crippen LogP contribution in [0, 0.1) is 4.64 Å². The summed E-state index contributed by atoms with van der Waals surface area (Å²) in [7, 11) is 0. The highest BCUT2D eigenvalue weighted by molar-refractivity contribution is 7.71. The molecule has 0 spiro atoms. The van der Waals surface area contributed by atoms with E-state index in [4.69, 9.17) is 22.1 Å². The van der Waals surface area contributed by atoms with Crippen molar-refractivity contribution in [1.82, 2.24) is 9.55 Å². The van der Waals surface area contributed by atoms with Crippen molar-refractivity contribution in [3.8, 4) is 0 Å². The number of hydrogen-bond acceptors (Lipinski definition) is 5. The van der Waals surface area contributed by atoms with E-state index >= 15 is 0 Å². The molecule has 1 aromatic rings. The molecular weight excluding hydrogens is 275 g/mol. The van der Waals surface area contributed by atoms with Crippen LogP contribution in [0.15, 0.2) is 11.0 Å². The van der Waals surface area contributed by atoms with E-state index in [1.165, 1.54) is 6.20 Å². The standard InChI is InChI=1S/C11H15FN2O4S/c1-2-5-3-14(11(17)13-9(5)19)10-7(12)8(16)6(4-15)18-10/h3,6-8,10,15-16H,2,4H2,1H3,(H,13,17,19)/t6-,7+,8-,10-/m1/s1. The molecule has 0 bridgehead atoms. The van der Waals surface area contributed by atoms with Crippen molar-refractivity contribution < 1.29 is 19.3 Å².